The fourth-order valence-corrected chi connectivity index (χ4v) is 1.56. The Labute approximate surface area is 101 Å². The predicted molar refractivity (Wildman–Crippen MR) is 67.4 cm³/mol. The van der Waals surface area contributed by atoms with Gasteiger partial charge in [-0.2, -0.15) is 0 Å². The number of ether oxygens (including phenoxy) is 1. The summed E-state index contributed by atoms with van der Waals surface area (Å²) >= 11 is 0. The van der Waals surface area contributed by atoms with Crippen molar-refractivity contribution < 1.29 is 9.53 Å². The van der Waals surface area contributed by atoms with E-state index in [1.165, 1.54) is 0 Å². The van der Waals surface area contributed by atoms with Gasteiger partial charge >= 0.3 is 0 Å². The van der Waals surface area contributed by atoms with Gasteiger partial charge in [0, 0.05) is 5.57 Å². The number of hydrogen-bond acceptors (Lipinski definition) is 2. The number of hydrogen-bond donors (Lipinski definition) is 0. The van der Waals surface area contributed by atoms with Gasteiger partial charge in [0.1, 0.15) is 6.29 Å². The van der Waals surface area contributed by atoms with Crippen molar-refractivity contribution in [2.24, 2.45) is 0 Å². The van der Waals surface area contributed by atoms with Crippen LogP contribution in [0.1, 0.15) is 5.56 Å². The third-order valence-electron chi connectivity index (χ3n) is 2.49. The second kappa shape index (κ2) is 5.97. The fraction of sp³-hybridized carbons (Fsp3) is 0.133. The molecule has 1 atom stereocenters. The summed E-state index contributed by atoms with van der Waals surface area (Å²) in [5, 5.41) is 0. The van der Waals surface area contributed by atoms with E-state index in [9.17, 15) is 4.79 Å². The minimum atomic E-state index is -0.0797. The van der Waals surface area contributed by atoms with E-state index in [1.54, 1.807) is 12.2 Å². The minimum absolute atomic E-state index is 0.0797. The van der Waals surface area contributed by atoms with Gasteiger partial charge in [0.2, 0.25) is 0 Å². The number of carbonyl (C=O) groups is 1. The van der Waals surface area contributed by atoms with Gasteiger partial charge in [0.25, 0.3) is 0 Å². The largest absolute Gasteiger partial charge is 0.365 e. The molecule has 0 aromatic heterocycles. The number of rotatable bonds is 4. The Kier molecular flexibility index (Phi) is 4.05. The summed E-state index contributed by atoms with van der Waals surface area (Å²) in [6, 6.07) is 10.0. The van der Waals surface area contributed by atoms with Crippen LogP contribution in [0.5, 0.6) is 0 Å². The molecule has 1 unspecified atom stereocenters. The summed E-state index contributed by atoms with van der Waals surface area (Å²) in [6.07, 6.45) is 9.96. The molecule has 0 saturated carbocycles. The first-order valence-electron chi connectivity index (χ1n) is 5.56. The second-order valence-corrected chi connectivity index (χ2v) is 3.79. The minimum Gasteiger partial charge on any atom is -0.365 e. The molecular weight excluding hydrogens is 212 g/mol. The first kappa shape index (κ1) is 11.6. The van der Waals surface area contributed by atoms with Crippen LogP contribution < -0.4 is 0 Å². The van der Waals surface area contributed by atoms with E-state index >= 15 is 0 Å². The van der Waals surface area contributed by atoms with Crippen LogP contribution in [0.15, 0.2) is 66.3 Å². The van der Waals surface area contributed by atoms with Gasteiger partial charge in [-0.1, -0.05) is 60.7 Å². The Morgan fingerprint density at radius 2 is 2.00 bits per heavy atom. The fourth-order valence-electron chi connectivity index (χ4n) is 1.56. The van der Waals surface area contributed by atoms with Crippen molar-refractivity contribution >= 4 is 6.29 Å². The first-order chi connectivity index (χ1) is 8.38. The summed E-state index contributed by atoms with van der Waals surface area (Å²) in [6.45, 7) is 0.566. The number of aldehydes is 1. The molecule has 1 aromatic carbocycles. The highest BCUT2D eigenvalue weighted by Gasteiger charge is 2.03. The van der Waals surface area contributed by atoms with E-state index in [0.717, 1.165) is 11.8 Å². The van der Waals surface area contributed by atoms with Crippen LogP contribution in [0, 0.1) is 0 Å². The van der Waals surface area contributed by atoms with Crippen molar-refractivity contribution in [3.63, 3.8) is 0 Å². The number of benzene rings is 1. The second-order valence-electron chi connectivity index (χ2n) is 3.79. The van der Waals surface area contributed by atoms with Crippen LogP contribution in [0.3, 0.4) is 0 Å². The molecule has 0 heterocycles. The van der Waals surface area contributed by atoms with Crippen molar-refractivity contribution in [2.45, 2.75) is 12.7 Å². The molecular formula is C15H14O2. The lowest BCUT2D eigenvalue weighted by atomic mass is 10.2. The highest BCUT2D eigenvalue weighted by molar-refractivity contribution is 5.78. The van der Waals surface area contributed by atoms with E-state index in [2.05, 4.69) is 0 Å². The molecule has 2 nitrogen and oxygen atoms in total. The van der Waals surface area contributed by atoms with Gasteiger partial charge in [-0.3, -0.25) is 4.79 Å². The zero-order chi connectivity index (χ0) is 11.9. The highest BCUT2D eigenvalue weighted by atomic mass is 16.5. The lowest BCUT2D eigenvalue weighted by Crippen LogP contribution is -2.05. The zero-order valence-corrected chi connectivity index (χ0v) is 9.45. The summed E-state index contributed by atoms with van der Waals surface area (Å²) in [5.74, 6) is 0. The smallest absolute Gasteiger partial charge is 0.150 e. The van der Waals surface area contributed by atoms with Gasteiger partial charge in [0.05, 0.1) is 12.7 Å². The van der Waals surface area contributed by atoms with Crippen LogP contribution in [-0.2, 0) is 16.1 Å². The van der Waals surface area contributed by atoms with Gasteiger partial charge in [0.15, 0.2) is 0 Å². The molecule has 1 aromatic rings. The predicted octanol–water partition coefficient (Wildman–Crippen LogP) is 2.82. The molecule has 0 aliphatic heterocycles. The van der Waals surface area contributed by atoms with Crippen LogP contribution in [-0.4, -0.2) is 12.4 Å². The first-order valence-corrected chi connectivity index (χ1v) is 5.56. The molecule has 1 aliphatic rings. The van der Waals surface area contributed by atoms with Gasteiger partial charge in [-0.25, -0.2) is 0 Å². The van der Waals surface area contributed by atoms with Gasteiger partial charge in [-0.15, -0.1) is 0 Å². The van der Waals surface area contributed by atoms with Gasteiger partial charge < -0.3 is 4.74 Å². The van der Waals surface area contributed by atoms with E-state index in [-0.39, 0.29) is 6.10 Å². The maximum atomic E-state index is 10.6. The average Bonchev–Trinajstić information content (AvgIpc) is 2.62. The Morgan fingerprint density at radius 1 is 1.18 bits per heavy atom. The summed E-state index contributed by atoms with van der Waals surface area (Å²) in [4.78, 5) is 10.6. The Balaban J connectivity index is 1.91. The lowest BCUT2D eigenvalue weighted by molar-refractivity contribution is -0.104. The van der Waals surface area contributed by atoms with E-state index in [1.807, 2.05) is 48.6 Å². The van der Waals surface area contributed by atoms with Crippen molar-refractivity contribution in [1.82, 2.24) is 0 Å². The Bertz CT molecular complexity index is 455. The molecule has 0 spiro atoms. The van der Waals surface area contributed by atoms with Crippen molar-refractivity contribution in [2.75, 3.05) is 0 Å². The molecule has 2 rings (SSSR count). The third kappa shape index (κ3) is 3.54. The average molecular weight is 226 g/mol. The third-order valence-corrected chi connectivity index (χ3v) is 2.49. The molecule has 2 heteroatoms. The quantitative estimate of drug-likeness (QED) is 0.738. The van der Waals surface area contributed by atoms with E-state index in [4.69, 9.17) is 4.74 Å². The summed E-state index contributed by atoms with van der Waals surface area (Å²) in [7, 11) is 0. The van der Waals surface area contributed by atoms with Crippen LogP contribution in [0.4, 0.5) is 0 Å². The lowest BCUT2D eigenvalue weighted by Gasteiger charge is -2.09. The monoisotopic (exact) mass is 226 g/mol. The molecule has 0 bridgehead atoms. The maximum absolute atomic E-state index is 10.6. The summed E-state index contributed by atoms with van der Waals surface area (Å²) in [5.41, 5.74) is 1.80. The standard InChI is InChI=1S/C15H14O2/c16-11-13-7-4-8-15(10-9-13)17-12-14-5-2-1-3-6-14/h1-11,15H,12H2. The van der Waals surface area contributed by atoms with Crippen LogP contribution in [0.25, 0.3) is 0 Å². The molecule has 17 heavy (non-hydrogen) atoms. The van der Waals surface area contributed by atoms with Gasteiger partial charge in [-0.05, 0) is 5.56 Å². The zero-order valence-electron chi connectivity index (χ0n) is 9.45. The van der Waals surface area contributed by atoms with Crippen molar-refractivity contribution in [3.8, 4) is 0 Å². The Hall–Kier alpha value is -1.93. The number of allylic oxidation sites excluding steroid dienone is 4. The van der Waals surface area contributed by atoms with Crippen molar-refractivity contribution in [1.29, 1.82) is 0 Å². The number of carbonyl (C=O) groups excluding carboxylic acids is 1. The SMILES string of the molecule is O=CC1=CC=CC(OCc2ccccc2)C=C1. The molecule has 1 aliphatic carbocycles. The molecule has 0 saturated heterocycles. The highest BCUT2D eigenvalue weighted by Crippen LogP contribution is 2.09. The van der Waals surface area contributed by atoms with E-state index < -0.39 is 0 Å². The Morgan fingerprint density at radius 3 is 2.76 bits per heavy atom. The molecule has 0 fully saturated rings. The molecule has 86 valence electrons. The van der Waals surface area contributed by atoms with E-state index in [0.29, 0.717) is 12.2 Å². The topological polar surface area (TPSA) is 26.3 Å². The molecule has 0 N–H and O–H groups in total. The normalized spacial score (nSPS) is 18.6. The molecule has 0 radical (unpaired) electrons. The van der Waals surface area contributed by atoms with Crippen LogP contribution >= 0.6 is 0 Å². The molecule has 0 amide bonds. The van der Waals surface area contributed by atoms with Crippen molar-refractivity contribution in [3.05, 3.63) is 71.8 Å². The summed E-state index contributed by atoms with van der Waals surface area (Å²) < 4.78 is 5.72. The van der Waals surface area contributed by atoms with Crippen LogP contribution in [0.2, 0.25) is 0 Å². The maximum Gasteiger partial charge on any atom is 0.150 e.